The van der Waals surface area contributed by atoms with E-state index in [0.717, 1.165) is 12.8 Å². The Morgan fingerprint density at radius 3 is 2.53 bits per heavy atom. The number of hydrogen-bond acceptors (Lipinski definition) is 4. The van der Waals surface area contributed by atoms with E-state index in [9.17, 15) is 14.0 Å². The van der Waals surface area contributed by atoms with Crippen LogP contribution in [-0.4, -0.2) is 47.5 Å². The molecule has 2 heterocycles. The fraction of sp³-hybridized carbons (Fsp3) is 0.435. The van der Waals surface area contributed by atoms with Crippen molar-refractivity contribution in [3.8, 4) is 0 Å². The molecule has 32 heavy (non-hydrogen) atoms. The third-order valence-electron chi connectivity index (χ3n) is 6.49. The predicted octanol–water partition coefficient (Wildman–Crippen LogP) is 3.29. The van der Waals surface area contributed by atoms with Gasteiger partial charge in [-0.05, 0) is 55.9 Å². The van der Waals surface area contributed by atoms with Crippen LogP contribution < -0.4 is 16.4 Å². The maximum absolute atomic E-state index is 14.3. The zero-order valence-corrected chi connectivity index (χ0v) is 18.4. The lowest BCUT2D eigenvalue weighted by atomic mass is 9.89. The van der Waals surface area contributed by atoms with Crippen LogP contribution in [0.2, 0.25) is 5.02 Å². The number of pyridine rings is 1. The van der Waals surface area contributed by atoms with Gasteiger partial charge in [-0.3, -0.25) is 9.78 Å². The monoisotopic (exact) mass is 459 g/mol. The second kappa shape index (κ2) is 9.42. The van der Waals surface area contributed by atoms with Crippen molar-refractivity contribution in [2.45, 2.75) is 37.1 Å². The minimum atomic E-state index is -0.817. The zero-order chi connectivity index (χ0) is 22.7. The van der Waals surface area contributed by atoms with Gasteiger partial charge in [-0.25, -0.2) is 9.18 Å². The van der Waals surface area contributed by atoms with Crippen molar-refractivity contribution >= 4 is 29.2 Å². The molecule has 1 saturated carbocycles. The van der Waals surface area contributed by atoms with Gasteiger partial charge in [0.05, 0.1) is 5.41 Å². The molecule has 1 aromatic carbocycles. The number of amides is 3. The number of likely N-dealkylation sites (tertiary alicyclic amines) is 1. The standard InChI is InChI=1S/C23H27ClFN5O2/c24-16-1-2-18(19(25)13-16)23(7-8-23)21(31)28-14-20(26)15-5-11-30(12-6-15)22(32)29-17-3-9-27-10-4-17/h1-4,9-10,13,15,20H,5-8,11-12,14,26H2,(H,28,31)(H,27,29,32). The van der Waals surface area contributed by atoms with E-state index >= 15 is 0 Å². The molecule has 1 atom stereocenters. The van der Waals surface area contributed by atoms with Gasteiger partial charge in [0, 0.05) is 54.3 Å². The van der Waals surface area contributed by atoms with E-state index in [1.165, 1.54) is 6.07 Å². The molecular weight excluding hydrogens is 433 g/mol. The van der Waals surface area contributed by atoms with Gasteiger partial charge in [0.2, 0.25) is 5.91 Å². The molecule has 7 nitrogen and oxygen atoms in total. The van der Waals surface area contributed by atoms with Crippen LogP contribution in [0.25, 0.3) is 0 Å². The molecular formula is C23H27ClFN5O2. The number of halogens is 2. The van der Waals surface area contributed by atoms with E-state index in [2.05, 4.69) is 15.6 Å². The molecule has 0 radical (unpaired) electrons. The summed E-state index contributed by atoms with van der Waals surface area (Å²) in [5.74, 6) is -0.446. The van der Waals surface area contributed by atoms with Gasteiger partial charge in [0.1, 0.15) is 5.82 Å². The van der Waals surface area contributed by atoms with Crippen LogP contribution in [0.1, 0.15) is 31.2 Å². The fourth-order valence-electron chi connectivity index (χ4n) is 4.34. The molecule has 1 saturated heterocycles. The maximum Gasteiger partial charge on any atom is 0.321 e. The molecule has 1 aliphatic carbocycles. The summed E-state index contributed by atoms with van der Waals surface area (Å²) in [6.45, 7) is 1.52. The summed E-state index contributed by atoms with van der Waals surface area (Å²) in [5, 5.41) is 6.10. The van der Waals surface area contributed by atoms with Crippen molar-refractivity contribution in [3.05, 3.63) is 59.1 Å². The van der Waals surface area contributed by atoms with Gasteiger partial charge in [0.15, 0.2) is 0 Å². The predicted molar refractivity (Wildman–Crippen MR) is 121 cm³/mol. The van der Waals surface area contributed by atoms with E-state index in [4.69, 9.17) is 17.3 Å². The molecule has 3 amide bonds. The molecule has 1 aromatic heterocycles. The van der Waals surface area contributed by atoms with Crippen molar-refractivity contribution in [1.82, 2.24) is 15.2 Å². The lowest BCUT2D eigenvalue weighted by molar-refractivity contribution is -0.123. The average Bonchev–Trinajstić information content (AvgIpc) is 3.60. The quantitative estimate of drug-likeness (QED) is 0.617. The number of urea groups is 1. The van der Waals surface area contributed by atoms with Crippen molar-refractivity contribution in [3.63, 3.8) is 0 Å². The molecule has 4 rings (SSSR count). The lowest BCUT2D eigenvalue weighted by Gasteiger charge is -2.35. The Morgan fingerprint density at radius 1 is 1.22 bits per heavy atom. The van der Waals surface area contributed by atoms with Crippen LogP contribution in [0.15, 0.2) is 42.7 Å². The Bertz CT molecular complexity index is 978. The maximum atomic E-state index is 14.3. The summed E-state index contributed by atoms with van der Waals surface area (Å²) in [5.41, 5.74) is 6.64. The molecule has 2 aliphatic rings. The summed E-state index contributed by atoms with van der Waals surface area (Å²) in [7, 11) is 0. The normalized spacial score (nSPS) is 18.7. The van der Waals surface area contributed by atoms with Crippen LogP contribution in [0.3, 0.4) is 0 Å². The highest BCUT2D eigenvalue weighted by Gasteiger charge is 2.52. The summed E-state index contributed by atoms with van der Waals surface area (Å²) in [6.07, 6.45) is 6.00. The number of carbonyl (C=O) groups excluding carboxylic acids is 2. The molecule has 9 heteroatoms. The summed E-state index contributed by atoms with van der Waals surface area (Å²) in [4.78, 5) is 31.0. The molecule has 2 aromatic rings. The molecule has 2 fully saturated rings. The van der Waals surface area contributed by atoms with E-state index in [-0.39, 0.29) is 23.9 Å². The van der Waals surface area contributed by atoms with E-state index < -0.39 is 11.2 Å². The number of nitrogens with one attached hydrogen (secondary N) is 2. The van der Waals surface area contributed by atoms with Crippen LogP contribution in [0, 0.1) is 11.7 Å². The van der Waals surface area contributed by atoms with Gasteiger partial charge >= 0.3 is 6.03 Å². The SMILES string of the molecule is NC(CNC(=O)C1(c2ccc(Cl)cc2F)CC1)C1CCN(C(=O)Nc2ccncc2)CC1. The topological polar surface area (TPSA) is 100 Å². The van der Waals surface area contributed by atoms with E-state index in [1.807, 2.05) is 0 Å². The number of carbonyl (C=O) groups is 2. The van der Waals surface area contributed by atoms with E-state index in [0.29, 0.717) is 48.7 Å². The van der Waals surface area contributed by atoms with Crippen LogP contribution >= 0.6 is 11.6 Å². The number of benzene rings is 1. The first-order valence-electron chi connectivity index (χ1n) is 10.8. The summed E-state index contributed by atoms with van der Waals surface area (Å²) in [6, 6.07) is 7.56. The van der Waals surface area contributed by atoms with Crippen LogP contribution in [0.5, 0.6) is 0 Å². The highest BCUT2D eigenvalue weighted by Crippen LogP contribution is 2.49. The first-order chi connectivity index (χ1) is 15.4. The smallest absolute Gasteiger partial charge is 0.321 e. The van der Waals surface area contributed by atoms with Gasteiger partial charge in [-0.15, -0.1) is 0 Å². The summed E-state index contributed by atoms with van der Waals surface area (Å²) >= 11 is 5.84. The van der Waals surface area contributed by atoms with Gasteiger partial charge in [-0.2, -0.15) is 0 Å². The van der Waals surface area contributed by atoms with Gasteiger partial charge < -0.3 is 21.3 Å². The van der Waals surface area contributed by atoms with Gasteiger partial charge in [-0.1, -0.05) is 17.7 Å². The van der Waals surface area contributed by atoms with Crippen molar-refractivity contribution in [2.75, 3.05) is 25.0 Å². The fourth-order valence-corrected chi connectivity index (χ4v) is 4.49. The first-order valence-corrected chi connectivity index (χ1v) is 11.2. The minimum Gasteiger partial charge on any atom is -0.354 e. The number of anilines is 1. The number of rotatable bonds is 6. The molecule has 4 N–H and O–H groups in total. The molecule has 1 unspecified atom stereocenters. The Labute approximate surface area is 191 Å². The Kier molecular flexibility index (Phi) is 6.62. The zero-order valence-electron chi connectivity index (χ0n) is 17.7. The van der Waals surface area contributed by atoms with Crippen molar-refractivity contribution < 1.29 is 14.0 Å². The average molecular weight is 460 g/mol. The Balaban J connectivity index is 1.25. The summed E-state index contributed by atoms with van der Waals surface area (Å²) < 4.78 is 14.3. The number of aromatic nitrogens is 1. The highest BCUT2D eigenvalue weighted by molar-refractivity contribution is 6.30. The van der Waals surface area contributed by atoms with Gasteiger partial charge in [0.25, 0.3) is 0 Å². The lowest BCUT2D eigenvalue weighted by Crippen LogP contribution is -2.49. The van der Waals surface area contributed by atoms with Crippen LogP contribution in [-0.2, 0) is 10.2 Å². The largest absolute Gasteiger partial charge is 0.354 e. The second-order valence-electron chi connectivity index (χ2n) is 8.57. The number of nitrogens with zero attached hydrogens (tertiary/aromatic N) is 2. The molecule has 1 aliphatic heterocycles. The van der Waals surface area contributed by atoms with E-state index in [1.54, 1.807) is 41.6 Å². The number of hydrogen-bond donors (Lipinski definition) is 3. The van der Waals surface area contributed by atoms with Crippen molar-refractivity contribution in [1.29, 1.82) is 0 Å². The Hall–Kier alpha value is -2.71. The molecule has 0 bridgehead atoms. The second-order valence-corrected chi connectivity index (χ2v) is 9.01. The molecule has 170 valence electrons. The number of piperidine rings is 1. The minimum absolute atomic E-state index is 0.141. The van der Waals surface area contributed by atoms with Crippen molar-refractivity contribution in [2.24, 2.45) is 11.7 Å². The highest BCUT2D eigenvalue weighted by atomic mass is 35.5. The Morgan fingerprint density at radius 2 is 1.91 bits per heavy atom. The number of nitrogens with two attached hydrogens (primary N) is 1. The third kappa shape index (κ3) is 4.86. The first kappa shape index (κ1) is 22.5. The third-order valence-corrected chi connectivity index (χ3v) is 6.73. The molecule has 0 spiro atoms. The van der Waals surface area contributed by atoms with Crippen LogP contribution in [0.4, 0.5) is 14.9 Å².